The molecule has 2 heterocycles. The zero-order valence-corrected chi connectivity index (χ0v) is 20.3. The average molecular weight is 514 g/mol. The van der Waals surface area contributed by atoms with Crippen LogP contribution in [0.15, 0.2) is 29.3 Å². The molecule has 162 valence electrons. The molecule has 0 unspecified atom stereocenters. The second kappa shape index (κ2) is 11.2. The van der Waals surface area contributed by atoms with Crippen molar-refractivity contribution >= 4 is 35.8 Å². The Balaban J connectivity index is 0.00000300. The first kappa shape index (κ1) is 23.9. The number of carbonyl (C=O) groups excluding carboxylic acids is 1. The largest absolute Gasteiger partial charge is 0.381 e. The third-order valence-corrected chi connectivity index (χ3v) is 6.06. The predicted molar refractivity (Wildman–Crippen MR) is 128 cm³/mol. The van der Waals surface area contributed by atoms with Gasteiger partial charge in [0.15, 0.2) is 5.96 Å². The van der Waals surface area contributed by atoms with Gasteiger partial charge in [0.2, 0.25) is 5.91 Å². The van der Waals surface area contributed by atoms with Crippen molar-refractivity contribution in [2.75, 3.05) is 52.5 Å². The maximum absolute atomic E-state index is 11.6. The molecular weight excluding hydrogens is 479 g/mol. The maximum atomic E-state index is 11.6. The number of hydrogen-bond acceptors (Lipinski definition) is 3. The summed E-state index contributed by atoms with van der Waals surface area (Å²) in [5, 5.41) is 3.46. The first-order valence-electron chi connectivity index (χ1n) is 10.5. The molecule has 0 spiro atoms. The second-order valence-corrected chi connectivity index (χ2v) is 7.87. The van der Waals surface area contributed by atoms with Crippen molar-refractivity contribution in [2.24, 2.45) is 4.99 Å². The Kier molecular flexibility index (Phi) is 9.20. The number of aryl methyl sites for hydroxylation is 1. The van der Waals surface area contributed by atoms with Gasteiger partial charge in [-0.3, -0.25) is 9.79 Å². The molecule has 1 amide bonds. The van der Waals surface area contributed by atoms with Gasteiger partial charge in [-0.2, -0.15) is 0 Å². The number of ether oxygens (including phenoxy) is 1. The molecule has 2 aliphatic heterocycles. The van der Waals surface area contributed by atoms with Crippen LogP contribution in [-0.4, -0.2) is 74.1 Å². The van der Waals surface area contributed by atoms with Crippen LogP contribution < -0.4 is 5.32 Å². The van der Waals surface area contributed by atoms with Crippen LogP contribution in [0.1, 0.15) is 37.8 Å². The highest BCUT2D eigenvalue weighted by molar-refractivity contribution is 14.0. The Labute approximate surface area is 192 Å². The van der Waals surface area contributed by atoms with Crippen molar-refractivity contribution in [2.45, 2.75) is 39.0 Å². The summed E-state index contributed by atoms with van der Waals surface area (Å²) in [6, 6.07) is 8.69. The number of guanidine groups is 1. The summed E-state index contributed by atoms with van der Waals surface area (Å²) in [4.78, 5) is 20.9. The van der Waals surface area contributed by atoms with Gasteiger partial charge in [-0.1, -0.05) is 24.3 Å². The van der Waals surface area contributed by atoms with Crippen molar-refractivity contribution in [3.05, 3.63) is 35.4 Å². The fraction of sp³-hybridized carbons (Fsp3) is 0.636. The summed E-state index contributed by atoms with van der Waals surface area (Å²) in [5.41, 5.74) is 2.77. The van der Waals surface area contributed by atoms with Gasteiger partial charge in [0.1, 0.15) is 0 Å². The van der Waals surface area contributed by atoms with Crippen LogP contribution in [0.2, 0.25) is 0 Å². The SMILES string of the molecule is CCNC(=NCC1(c2ccccc2C)CCOCC1)N1CCN(C(C)=O)CC1.I. The molecule has 0 atom stereocenters. The lowest BCUT2D eigenvalue weighted by Gasteiger charge is -2.39. The molecule has 1 aromatic rings. The average Bonchev–Trinajstić information content (AvgIpc) is 2.72. The maximum Gasteiger partial charge on any atom is 0.219 e. The van der Waals surface area contributed by atoms with Crippen LogP contribution in [0.4, 0.5) is 0 Å². The summed E-state index contributed by atoms with van der Waals surface area (Å²) >= 11 is 0. The molecule has 1 N–H and O–H groups in total. The standard InChI is InChI=1S/C22H34N4O2.HI/c1-4-23-21(26-13-11-25(12-14-26)19(3)27)24-17-22(9-15-28-16-10-22)20-8-6-5-7-18(20)2;/h5-8H,4,9-17H2,1-3H3,(H,23,24);1H. The number of nitrogens with one attached hydrogen (secondary N) is 1. The molecule has 6 nitrogen and oxygen atoms in total. The lowest BCUT2D eigenvalue weighted by molar-refractivity contribution is -0.130. The highest BCUT2D eigenvalue weighted by Crippen LogP contribution is 2.37. The Hall–Kier alpha value is -1.35. The molecule has 0 aliphatic carbocycles. The van der Waals surface area contributed by atoms with Gasteiger partial charge >= 0.3 is 0 Å². The lowest BCUT2D eigenvalue weighted by Crippen LogP contribution is -2.53. The van der Waals surface area contributed by atoms with E-state index in [2.05, 4.69) is 48.3 Å². The number of carbonyl (C=O) groups is 1. The number of rotatable bonds is 4. The molecule has 0 bridgehead atoms. The monoisotopic (exact) mass is 514 g/mol. The molecule has 0 aromatic heterocycles. The van der Waals surface area contributed by atoms with Gasteiger partial charge in [0, 0.05) is 58.3 Å². The number of nitrogens with zero attached hydrogens (tertiary/aromatic N) is 3. The highest BCUT2D eigenvalue weighted by Gasteiger charge is 2.35. The van der Waals surface area contributed by atoms with Crippen molar-refractivity contribution < 1.29 is 9.53 Å². The van der Waals surface area contributed by atoms with Crippen molar-refractivity contribution in [1.82, 2.24) is 15.1 Å². The van der Waals surface area contributed by atoms with Crippen LogP contribution in [0.5, 0.6) is 0 Å². The van der Waals surface area contributed by atoms with E-state index in [-0.39, 0.29) is 35.3 Å². The number of amides is 1. The number of halogens is 1. The van der Waals surface area contributed by atoms with Gasteiger partial charge in [0.25, 0.3) is 0 Å². The van der Waals surface area contributed by atoms with Gasteiger partial charge in [-0.25, -0.2) is 0 Å². The van der Waals surface area contributed by atoms with E-state index in [0.29, 0.717) is 0 Å². The van der Waals surface area contributed by atoms with Crippen molar-refractivity contribution in [3.63, 3.8) is 0 Å². The summed E-state index contributed by atoms with van der Waals surface area (Å²) < 4.78 is 5.68. The van der Waals surface area contributed by atoms with Gasteiger partial charge in [0.05, 0.1) is 6.54 Å². The molecule has 0 radical (unpaired) electrons. The van der Waals surface area contributed by atoms with E-state index < -0.39 is 0 Å². The van der Waals surface area contributed by atoms with E-state index in [1.54, 1.807) is 6.92 Å². The first-order valence-corrected chi connectivity index (χ1v) is 10.5. The first-order chi connectivity index (χ1) is 13.6. The summed E-state index contributed by atoms with van der Waals surface area (Å²) in [5.74, 6) is 1.12. The number of hydrogen-bond donors (Lipinski definition) is 1. The summed E-state index contributed by atoms with van der Waals surface area (Å²) in [7, 11) is 0. The van der Waals surface area contributed by atoms with Crippen molar-refractivity contribution in [1.29, 1.82) is 0 Å². The van der Waals surface area contributed by atoms with E-state index in [1.807, 2.05) is 4.90 Å². The molecular formula is C22H35IN4O2. The second-order valence-electron chi connectivity index (χ2n) is 7.87. The zero-order valence-electron chi connectivity index (χ0n) is 17.9. The topological polar surface area (TPSA) is 57.2 Å². The zero-order chi connectivity index (χ0) is 20.0. The smallest absolute Gasteiger partial charge is 0.219 e. The minimum absolute atomic E-state index is 0. The molecule has 7 heteroatoms. The summed E-state index contributed by atoms with van der Waals surface area (Å²) in [6.45, 7) is 12.3. The predicted octanol–water partition coefficient (Wildman–Crippen LogP) is 2.79. The number of benzene rings is 1. The van der Waals surface area contributed by atoms with E-state index >= 15 is 0 Å². The molecule has 29 heavy (non-hydrogen) atoms. The lowest BCUT2D eigenvalue weighted by atomic mass is 9.72. The minimum atomic E-state index is 0. The van der Waals surface area contributed by atoms with Gasteiger partial charge in [-0.05, 0) is 37.8 Å². The van der Waals surface area contributed by atoms with Gasteiger partial charge in [-0.15, -0.1) is 24.0 Å². The summed E-state index contributed by atoms with van der Waals surface area (Å²) in [6.07, 6.45) is 2.00. The number of piperazine rings is 1. The normalized spacial score (nSPS) is 19.5. The third-order valence-electron chi connectivity index (χ3n) is 6.06. The van der Waals surface area contributed by atoms with Crippen molar-refractivity contribution in [3.8, 4) is 0 Å². The minimum Gasteiger partial charge on any atom is -0.381 e. The molecule has 3 rings (SSSR count). The molecule has 1 aromatic carbocycles. The Morgan fingerprint density at radius 3 is 2.34 bits per heavy atom. The molecule has 2 saturated heterocycles. The van der Waals surface area contributed by atoms with Crippen LogP contribution >= 0.6 is 24.0 Å². The quantitative estimate of drug-likeness (QED) is 0.382. The fourth-order valence-electron chi connectivity index (χ4n) is 4.33. The Morgan fingerprint density at radius 1 is 1.14 bits per heavy atom. The van der Waals surface area contributed by atoms with E-state index in [4.69, 9.17) is 9.73 Å². The van der Waals surface area contributed by atoms with Crippen LogP contribution in [0.25, 0.3) is 0 Å². The molecule has 2 fully saturated rings. The van der Waals surface area contributed by atoms with Crippen LogP contribution in [-0.2, 0) is 14.9 Å². The third kappa shape index (κ3) is 5.84. The van der Waals surface area contributed by atoms with E-state index in [0.717, 1.165) is 71.3 Å². The number of aliphatic imine (C=N–C) groups is 1. The van der Waals surface area contributed by atoms with Gasteiger partial charge < -0.3 is 19.9 Å². The fourth-order valence-corrected chi connectivity index (χ4v) is 4.33. The van der Waals surface area contributed by atoms with Crippen LogP contribution in [0, 0.1) is 6.92 Å². The van der Waals surface area contributed by atoms with Crippen LogP contribution in [0.3, 0.4) is 0 Å². The highest BCUT2D eigenvalue weighted by atomic mass is 127. The molecule has 2 aliphatic rings. The Morgan fingerprint density at radius 2 is 1.76 bits per heavy atom. The van der Waals surface area contributed by atoms with E-state index in [1.165, 1.54) is 11.1 Å². The Bertz CT molecular complexity index is 696. The van der Waals surface area contributed by atoms with E-state index in [9.17, 15) is 4.79 Å². The molecule has 0 saturated carbocycles.